The maximum Gasteiger partial charge on any atom is 0.329 e. The van der Waals surface area contributed by atoms with Crippen molar-refractivity contribution in [2.45, 2.75) is 12.5 Å². The van der Waals surface area contributed by atoms with Crippen LogP contribution < -0.4 is 4.74 Å². The van der Waals surface area contributed by atoms with Gasteiger partial charge in [0.05, 0.1) is 13.2 Å². The molecule has 0 saturated heterocycles. The standard InChI is InChI=1S/C12H13BrO5/c13-8-3-7-1-2-18-12(7)9(4-8)10(14)5-17-6-11(15)16/h3-4,10,14H,1-2,5-6H2,(H,15,16). The van der Waals surface area contributed by atoms with Crippen LogP contribution >= 0.6 is 15.9 Å². The maximum absolute atomic E-state index is 10.3. The molecule has 0 radical (unpaired) electrons. The Morgan fingerprint density at radius 2 is 2.33 bits per heavy atom. The quantitative estimate of drug-likeness (QED) is 0.861. The first-order chi connectivity index (χ1) is 8.58. The highest BCUT2D eigenvalue weighted by Crippen LogP contribution is 2.36. The lowest BCUT2D eigenvalue weighted by Crippen LogP contribution is -2.13. The van der Waals surface area contributed by atoms with E-state index in [1.54, 1.807) is 6.07 Å². The first-order valence-electron chi connectivity index (χ1n) is 5.50. The van der Waals surface area contributed by atoms with Gasteiger partial charge in [-0.3, -0.25) is 0 Å². The van der Waals surface area contributed by atoms with Gasteiger partial charge in [-0.25, -0.2) is 4.79 Å². The molecule has 0 spiro atoms. The maximum atomic E-state index is 10.3. The SMILES string of the molecule is O=C(O)COCC(O)c1cc(Br)cc2c1OCC2. The van der Waals surface area contributed by atoms with Gasteiger partial charge in [-0.05, 0) is 17.7 Å². The molecule has 0 saturated carbocycles. The highest BCUT2D eigenvalue weighted by Gasteiger charge is 2.22. The lowest BCUT2D eigenvalue weighted by Gasteiger charge is -2.15. The zero-order valence-electron chi connectivity index (χ0n) is 9.56. The van der Waals surface area contributed by atoms with E-state index in [1.165, 1.54) is 0 Å². The molecule has 0 aliphatic carbocycles. The van der Waals surface area contributed by atoms with Crippen molar-refractivity contribution in [3.8, 4) is 5.75 Å². The Morgan fingerprint density at radius 3 is 3.06 bits per heavy atom. The van der Waals surface area contributed by atoms with Crippen LogP contribution in [0.4, 0.5) is 0 Å². The summed E-state index contributed by atoms with van der Waals surface area (Å²) in [5.41, 5.74) is 1.67. The van der Waals surface area contributed by atoms with Gasteiger partial charge in [0, 0.05) is 16.5 Å². The molecule has 1 aliphatic heterocycles. The van der Waals surface area contributed by atoms with Crippen LogP contribution in [0.15, 0.2) is 16.6 Å². The number of ether oxygens (including phenoxy) is 2. The van der Waals surface area contributed by atoms with Gasteiger partial charge in [0.2, 0.25) is 0 Å². The van der Waals surface area contributed by atoms with E-state index < -0.39 is 18.7 Å². The Kier molecular flexibility index (Phi) is 4.21. The Morgan fingerprint density at radius 1 is 1.56 bits per heavy atom. The van der Waals surface area contributed by atoms with Gasteiger partial charge in [-0.2, -0.15) is 0 Å². The van der Waals surface area contributed by atoms with Gasteiger partial charge >= 0.3 is 5.97 Å². The Hall–Kier alpha value is -1.11. The molecule has 1 atom stereocenters. The first kappa shape index (κ1) is 13.3. The first-order valence-corrected chi connectivity index (χ1v) is 6.30. The minimum atomic E-state index is -1.06. The number of carboxylic acids is 1. The molecule has 18 heavy (non-hydrogen) atoms. The zero-order chi connectivity index (χ0) is 13.1. The highest BCUT2D eigenvalue weighted by molar-refractivity contribution is 9.10. The van der Waals surface area contributed by atoms with E-state index in [9.17, 15) is 9.90 Å². The van der Waals surface area contributed by atoms with Gasteiger partial charge in [-0.15, -0.1) is 0 Å². The van der Waals surface area contributed by atoms with E-state index in [2.05, 4.69) is 15.9 Å². The van der Waals surface area contributed by atoms with Crippen LogP contribution in [-0.4, -0.2) is 36.0 Å². The molecule has 1 heterocycles. The van der Waals surface area contributed by atoms with Crippen molar-refractivity contribution in [1.29, 1.82) is 0 Å². The van der Waals surface area contributed by atoms with E-state index in [0.29, 0.717) is 17.9 Å². The molecule has 6 heteroatoms. The predicted octanol–water partition coefficient (Wildman–Crippen LogP) is 1.52. The molecule has 98 valence electrons. The van der Waals surface area contributed by atoms with Crippen LogP contribution in [0.5, 0.6) is 5.75 Å². The Bertz CT molecular complexity index is 460. The number of halogens is 1. The van der Waals surface area contributed by atoms with E-state index in [-0.39, 0.29) is 6.61 Å². The van der Waals surface area contributed by atoms with Crippen LogP contribution in [0.25, 0.3) is 0 Å². The summed E-state index contributed by atoms with van der Waals surface area (Å²) < 4.78 is 11.2. The topological polar surface area (TPSA) is 76.0 Å². The van der Waals surface area contributed by atoms with Gasteiger partial charge in [-0.1, -0.05) is 15.9 Å². The second-order valence-electron chi connectivity index (χ2n) is 4.01. The van der Waals surface area contributed by atoms with Crippen molar-refractivity contribution >= 4 is 21.9 Å². The van der Waals surface area contributed by atoms with Crippen LogP contribution in [0.2, 0.25) is 0 Å². The van der Waals surface area contributed by atoms with Crippen molar-refractivity contribution in [1.82, 2.24) is 0 Å². The summed E-state index contributed by atoms with van der Waals surface area (Å²) in [6, 6.07) is 3.72. The second kappa shape index (κ2) is 5.69. The summed E-state index contributed by atoms with van der Waals surface area (Å²) in [6.45, 7) is 0.105. The third-order valence-electron chi connectivity index (χ3n) is 2.64. The molecule has 1 aromatic carbocycles. The number of carboxylic acid groups (broad SMARTS) is 1. The Labute approximate surface area is 112 Å². The lowest BCUT2D eigenvalue weighted by molar-refractivity contribution is -0.143. The predicted molar refractivity (Wildman–Crippen MR) is 66.8 cm³/mol. The average molecular weight is 317 g/mol. The number of hydrogen-bond acceptors (Lipinski definition) is 4. The molecule has 1 aromatic rings. The molecular weight excluding hydrogens is 304 g/mol. The third-order valence-corrected chi connectivity index (χ3v) is 3.10. The number of aliphatic hydroxyl groups is 1. The number of rotatable bonds is 5. The normalized spacial score (nSPS) is 15.0. The average Bonchev–Trinajstić information content (AvgIpc) is 2.74. The molecule has 1 unspecified atom stereocenters. The van der Waals surface area contributed by atoms with Gasteiger partial charge < -0.3 is 19.7 Å². The molecular formula is C12H13BrO5. The number of carbonyl (C=O) groups is 1. The number of hydrogen-bond donors (Lipinski definition) is 2. The fraction of sp³-hybridized carbons (Fsp3) is 0.417. The molecule has 0 amide bonds. The van der Waals surface area contributed by atoms with E-state index in [4.69, 9.17) is 14.6 Å². The highest BCUT2D eigenvalue weighted by atomic mass is 79.9. The minimum absolute atomic E-state index is 0.0709. The van der Waals surface area contributed by atoms with Gasteiger partial charge in [0.25, 0.3) is 0 Å². The number of aliphatic carboxylic acids is 1. The van der Waals surface area contributed by atoms with Crippen LogP contribution in [0.1, 0.15) is 17.2 Å². The summed E-state index contributed by atoms with van der Waals surface area (Å²) in [5, 5.41) is 18.5. The van der Waals surface area contributed by atoms with Crippen molar-refractivity contribution < 1.29 is 24.5 Å². The zero-order valence-corrected chi connectivity index (χ0v) is 11.1. The Balaban J connectivity index is 2.10. The molecule has 0 aromatic heterocycles. The van der Waals surface area contributed by atoms with Crippen LogP contribution in [0.3, 0.4) is 0 Å². The summed E-state index contributed by atoms with van der Waals surface area (Å²) in [7, 11) is 0. The largest absolute Gasteiger partial charge is 0.493 e. The second-order valence-corrected chi connectivity index (χ2v) is 4.92. The molecule has 0 fully saturated rings. The van der Waals surface area contributed by atoms with E-state index >= 15 is 0 Å². The van der Waals surface area contributed by atoms with E-state index in [0.717, 1.165) is 16.5 Å². The van der Waals surface area contributed by atoms with Crippen molar-refractivity contribution in [2.24, 2.45) is 0 Å². The van der Waals surface area contributed by atoms with Crippen molar-refractivity contribution in [3.05, 3.63) is 27.7 Å². The molecule has 2 rings (SSSR count). The monoisotopic (exact) mass is 316 g/mol. The van der Waals surface area contributed by atoms with Crippen molar-refractivity contribution in [2.75, 3.05) is 19.8 Å². The van der Waals surface area contributed by atoms with Crippen molar-refractivity contribution in [3.63, 3.8) is 0 Å². The summed E-state index contributed by atoms with van der Waals surface area (Å²) >= 11 is 3.37. The summed E-state index contributed by atoms with van der Waals surface area (Å²) in [4.78, 5) is 10.3. The minimum Gasteiger partial charge on any atom is -0.493 e. The fourth-order valence-electron chi connectivity index (χ4n) is 1.89. The third kappa shape index (κ3) is 3.01. The fourth-order valence-corrected chi connectivity index (χ4v) is 2.42. The number of benzene rings is 1. The lowest BCUT2D eigenvalue weighted by atomic mass is 10.0. The summed E-state index contributed by atoms with van der Waals surface area (Å²) in [5.74, 6) is -0.373. The van der Waals surface area contributed by atoms with Gasteiger partial charge in [0.15, 0.2) is 0 Å². The number of fused-ring (bicyclic) bond motifs is 1. The molecule has 5 nitrogen and oxygen atoms in total. The number of aliphatic hydroxyl groups excluding tert-OH is 1. The molecule has 1 aliphatic rings. The molecule has 0 bridgehead atoms. The smallest absolute Gasteiger partial charge is 0.329 e. The molecule has 2 N–H and O–H groups in total. The van der Waals surface area contributed by atoms with Gasteiger partial charge in [0.1, 0.15) is 18.5 Å². The summed E-state index contributed by atoms with van der Waals surface area (Å²) in [6.07, 6.45) is -0.0847. The van der Waals surface area contributed by atoms with Crippen LogP contribution in [-0.2, 0) is 16.0 Å². The van der Waals surface area contributed by atoms with Crippen LogP contribution in [0, 0.1) is 0 Å². The van der Waals surface area contributed by atoms with E-state index in [1.807, 2.05) is 6.07 Å².